The number of aryl methyl sites for hydroxylation is 2. The Morgan fingerprint density at radius 2 is 2.04 bits per heavy atom. The van der Waals surface area contributed by atoms with Gasteiger partial charge in [-0.05, 0) is 38.1 Å². The van der Waals surface area contributed by atoms with Crippen LogP contribution in [0.4, 0.5) is 0 Å². The predicted octanol–water partition coefficient (Wildman–Crippen LogP) is 5.69. The molecule has 0 aliphatic carbocycles. The maximum atomic E-state index is 6.36. The van der Waals surface area contributed by atoms with E-state index in [1.807, 2.05) is 26.0 Å². The standard InChI is InChI=1S/C18H14Cl2N2O3/c1-10-17(24-9-12-5-6-23-8-12)18-22(21-10)16(11(2)25-18)14-4-3-13(19)7-15(14)20/h3-8H,9H2,1-2H3. The Bertz CT molecular complexity index is 1050. The fraction of sp³-hybridized carbons (Fsp3) is 0.167. The largest absolute Gasteiger partial charge is 0.482 e. The van der Waals surface area contributed by atoms with Gasteiger partial charge in [0.05, 0.1) is 17.5 Å². The summed E-state index contributed by atoms with van der Waals surface area (Å²) < 4.78 is 18.6. The Labute approximate surface area is 153 Å². The van der Waals surface area contributed by atoms with Crippen LogP contribution in [0.1, 0.15) is 17.0 Å². The summed E-state index contributed by atoms with van der Waals surface area (Å²) in [5.74, 6) is 1.29. The number of furan rings is 1. The van der Waals surface area contributed by atoms with Gasteiger partial charge in [0, 0.05) is 16.1 Å². The van der Waals surface area contributed by atoms with Gasteiger partial charge in [-0.1, -0.05) is 23.2 Å². The molecular formula is C18H14Cl2N2O3. The van der Waals surface area contributed by atoms with Gasteiger partial charge in [-0.25, -0.2) is 0 Å². The number of rotatable bonds is 4. The monoisotopic (exact) mass is 376 g/mol. The molecule has 0 radical (unpaired) electrons. The van der Waals surface area contributed by atoms with E-state index in [1.165, 1.54) is 0 Å². The van der Waals surface area contributed by atoms with Gasteiger partial charge in [0.15, 0.2) is 0 Å². The molecule has 0 bridgehead atoms. The summed E-state index contributed by atoms with van der Waals surface area (Å²) in [5.41, 5.74) is 3.78. The highest BCUT2D eigenvalue weighted by atomic mass is 35.5. The second-order valence-corrected chi connectivity index (χ2v) is 6.53. The third-order valence-corrected chi connectivity index (χ3v) is 4.46. The van der Waals surface area contributed by atoms with Gasteiger partial charge in [0.2, 0.25) is 5.75 Å². The van der Waals surface area contributed by atoms with Crippen molar-refractivity contribution in [2.45, 2.75) is 20.5 Å². The number of fused-ring (bicyclic) bond motifs is 1. The lowest BCUT2D eigenvalue weighted by molar-refractivity contribution is 0.301. The lowest BCUT2D eigenvalue weighted by Crippen LogP contribution is -1.94. The number of aromatic nitrogens is 2. The number of halogens is 2. The van der Waals surface area contributed by atoms with Gasteiger partial charge in [-0.15, -0.1) is 0 Å². The van der Waals surface area contributed by atoms with Crippen LogP contribution in [0.5, 0.6) is 5.75 Å². The maximum Gasteiger partial charge on any atom is 0.266 e. The van der Waals surface area contributed by atoms with Gasteiger partial charge in [-0.2, -0.15) is 9.61 Å². The van der Waals surface area contributed by atoms with E-state index in [0.717, 1.165) is 22.5 Å². The molecule has 0 atom stereocenters. The minimum absolute atomic E-state index is 0.371. The minimum Gasteiger partial charge on any atom is -0.482 e. The summed E-state index contributed by atoms with van der Waals surface area (Å²) in [5, 5.41) is 5.67. The maximum absolute atomic E-state index is 6.36. The molecule has 5 nitrogen and oxygen atoms in total. The molecule has 25 heavy (non-hydrogen) atoms. The Hall–Kier alpha value is -2.37. The highest BCUT2D eigenvalue weighted by molar-refractivity contribution is 6.36. The predicted molar refractivity (Wildman–Crippen MR) is 95.4 cm³/mol. The van der Waals surface area contributed by atoms with Crippen LogP contribution in [-0.4, -0.2) is 9.61 Å². The van der Waals surface area contributed by atoms with Gasteiger partial charge in [0.25, 0.3) is 5.71 Å². The molecule has 7 heteroatoms. The summed E-state index contributed by atoms with van der Waals surface area (Å²) in [4.78, 5) is 0. The van der Waals surface area contributed by atoms with Crippen molar-refractivity contribution >= 4 is 28.9 Å². The molecule has 1 aromatic carbocycles. The van der Waals surface area contributed by atoms with E-state index in [9.17, 15) is 0 Å². The second kappa shape index (κ2) is 6.17. The van der Waals surface area contributed by atoms with Crippen molar-refractivity contribution in [1.29, 1.82) is 0 Å². The zero-order chi connectivity index (χ0) is 17.6. The van der Waals surface area contributed by atoms with Gasteiger partial charge in [0.1, 0.15) is 23.8 Å². The van der Waals surface area contributed by atoms with Crippen molar-refractivity contribution < 1.29 is 13.6 Å². The van der Waals surface area contributed by atoms with E-state index < -0.39 is 0 Å². The Balaban J connectivity index is 1.79. The Morgan fingerprint density at radius 3 is 2.76 bits per heavy atom. The van der Waals surface area contributed by atoms with E-state index in [2.05, 4.69) is 5.10 Å². The third-order valence-electron chi connectivity index (χ3n) is 3.91. The number of oxazole rings is 1. The fourth-order valence-corrected chi connectivity index (χ4v) is 3.26. The summed E-state index contributed by atoms with van der Waals surface area (Å²) in [7, 11) is 0. The highest BCUT2D eigenvalue weighted by Gasteiger charge is 2.22. The number of benzene rings is 1. The molecule has 0 saturated heterocycles. The van der Waals surface area contributed by atoms with Crippen molar-refractivity contribution in [1.82, 2.24) is 9.61 Å². The molecule has 0 aliphatic rings. The Kier molecular flexibility index (Phi) is 3.98. The average molecular weight is 377 g/mol. The lowest BCUT2D eigenvalue weighted by Gasteiger charge is -2.03. The highest BCUT2D eigenvalue weighted by Crippen LogP contribution is 2.37. The van der Waals surface area contributed by atoms with Crippen molar-refractivity contribution in [2.24, 2.45) is 0 Å². The number of ether oxygens (including phenoxy) is 1. The van der Waals surface area contributed by atoms with Crippen LogP contribution >= 0.6 is 23.2 Å². The first-order chi connectivity index (χ1) is 12.0. The smallest absolute Gasteiger partial charge is 0.266 e. The van der Waals surface area contributed by atoms with Crippen LogP contribution < -0.4 is 4.74 Å². The lowest BCUT2D eigenvalue weighted by atomic mass is 10.1. The molecule has 0 N–H and O–H groups in total. The van der Waals surface area contributed by atoms with Gasteiger partial charge < -0.3 is 13.6 Å². The van der Waals surface area contributed by atoms with Crippen LogP contribution in [0.15, 0.2) is 45.6 Å². The number of hydrogen-bond acceptors (Lipinski definition) is 4. The Morgan fingerprint density at radius 1 is 1.20 bits per heavy atom. The van der Waals surface area contributed by atoms with E-state index in [4.69, 9.17) is 36.8 Å². The normalized spacial score (nSPS) is 11.4. The minimum atomic E-state index is 0.371. The van der Waals surface area contributed by atoms with Crippen molar-refractivity contribution in [3.63, 3.8) is 0 Å². The summed E-state index contributed by atoms with van der Waals surface area (Å²) >= 11 is 12.4. The molecule has 0 aliphatic heterocycles. The molecule has 0 saturated carbocycles. The molecular weight excluding hydrogens is 363 g/mol. The molecule has 0 unspecified atom stereocenters. The molecule has 4 aromatic rings. The van der Waals surface area contributed by atoms with E-state index in [-0.39, 0.29) is 0 Å². The molecule has 3 heterocycles. The fourth-order valence-electron chi connectivity index (χ4n) is 2.76. The van der Waals surface area contributed by atoms with E-state index in [0.29, 0.717) is 33.9 Å². The molecule has 128 valence electrons. The average Bonchev–Trinajstić information content (AvgIpc) is 3.24. The molecule has 3 aromatic heterocycles. The first-order valence-electron chi connectivity index (χ1n) is 7.62. The van der Waals surface area contributed by atoms with E-state index >= 15 is 0 Å². The third kappa shape index (κ3) is 2.79. The second-order valence-electron chi connectivity index (χ2n) is 5.68. The van der Waals surface area contributed by atoms with Crippen molar-refractivity contribution in [2.75, 3.05) is 0 Å². The molecule has 4 rings (SSSR count). The zero-order valence-electron chi connectivity index (χ0n) is 13.5. The molecule has 0 spiro atoms. The van der Waals surface area contributed by atoms with Gasteiger partial charge >= 0.3 is 0 Å². The quantitative estimate of drug-likeness (QED) is 0.459. The first kappa shape index (κ1) is 16.1. The number of hydrogen-bond donors (Lipinski definition) is 0. The van der Waals surface area contributed by atoms with Crippen molar-refractivity contribution in [3.8, 4) is 17.0 Å². The van der Waals surface area contributed by atoms with Crippen LogP contribution in [0.2, 0.25) is 10.0 Å². The SMILES string of the molecule is Cc1nn2c(-c3ccc(Cl)cc3Cl)c(C)oc2c1OCc1ccoc1. The summed E-state index contributed by atoms with van der Waals surface area (Å²) in [6.45, 7) is 4.11. The molecule has 0 amide bonds. The first-order valence-corrected chi connectivity index (χ1v) is 8.38. The van der Waals surface area contributed by atoms with Crippen molar-refractivity contribution in [3.05, 3.63) is 63.9 Å². The summed E-state index contributed by atoms with van der Waals surface area (Å²) in [6.07, 6.45) is 3.25. The van der Waals surface area contributed by atoms with Crippen LogP contribution in [0.3, 0.4) is 0 Å². The van der Waals surface area contributed by atoms with E-state index in [1.54, 1.807) is 29.2 Å². The topological polar surface area (TPSA) is 52.8 Å². The number of nitrogens with zero attached hydrogens (tertiary/aromatic N) is 2. The molecule has 0 fully saturated rings. The summed E-state index contributed by atoms with van der Waals surface area (Å²) in [6, 6.07) is 7.18. The zero-order valence-corrected chi connectivity index (χ0v) is 15.1. The van der Waals surface area contributed by atoms with Crippen LogP contribution in [0, 0.1) is 13.8 Å². The van der Waals surface area contributed by atoms with Crippen LogP contribution in [0.25, 0.3) is 17.0 Å². The van der Waals surface area contributed by atoms with Gasteiger partial charge in [-0.3, -0.25) is 0 Å². The van der Waals surface area contributed by atoms with Crippen LogP contribution in [-0.2, 0) is 6.61 Å².